The fourth-order valence-electron chi connectivity index (χ4n) is 4.60. The van der Waals surface area contributed by atoms with Crippen molar-refractivity contribution in [3.05, 3.63) is 78.1 Å². The maximum Gasteiger partial charge on any atom is 0.248 e. The first-order valence-electron chi connectivity index (χ1n) is 11.5. The average molecular weight is 455 g/mol. The van der Waals surface area contributed by atoms with Crippen LogP contribution >= 0.6 is 0 Å². The van der Waals surface area contributed by atoms with E-state index >= 15 is 0 Å². The zero-order valence-electron chi connectivity index (χ0n) is 18.7. The van der Waals surface area contributed by atoms with Crippen LogP contribution in [0.25, 0.3) is 11.3 Å². The van der Waals surface area contributed by atoms with E-state index in [0.29, 0.717) is 5.56 Å². The smallest absolute Gasteiger partial charge is 0.248 e. The molecular formula is C26H26N6O2. The summed E-state index contributed by atoms with van der Waals surface area (Å²) in [7, 11) is 0. The van der Waals surface area contributed by atoms with E-state index in [2.05, 4.69) is 32.1 Å². The molecule has 172 valence electrons. The fourth-order valence-corrected chi connectivity index (χ4v) is 4.60. The highest BCUT2D eigenvalue weighted by Gasteiger charge is 2.34. The number of nitrogens with zero attached hydrogens (tertiary/aromatic N) is 5. The van der Waals surface area contributed by atoms with Crippen LogP contribution in [0.2, 0.25) is 0 Å². The first-order valence-corrected chi connectivity index (χ1v) is 11.5. The number of carbonyl (C=O) groups excluding carboxylic acids is 2. The minimum Gasteiger partial charge on any atom is -0.366 e. The molecule has 2 aliphatic heterocycles. The summed E-state index contributed by atoms with van der Waals surface area (Å²) in [5, 5.41) is 6.08. The SMILES string of the molecule is NC(=O)c1ccc(-c2cc(N3CCC(C(=O)N4N=CCC4c4ccccc4)CC3)ncn2)cc1. The van der Waals surface area contributed by atoms with Gasteiger partial charge in [0.2, 0.25) is 11.8 Å². The van der Waals surface area contributed by atoms with Gasteiger partial charge in [-0.1, -0.05) is 42.5 Å². The number of carbonyl (C=O) groups is 2. The van der Waals surface area contributed by atoms with E-state index in [1.54, 1.807) is 23.5 Å². The molecule has 1 fully saturated rings. The van der Waals surface area contributed by atoms with E-state index in [-0.39, 0.29) is 17.9 Å². The monoisotopic (exact) mass is 454 g/mol. The number of aromatic nitrogens is 2. The molecule has 8 heteroatoms. The Hall–Kier alpha value is -4.07. The van der Waals surface area contributed by atoms with Crippen LogP contribution in [0.1, 0.15) is 41.2 Å². The van der Waals surface area contributed by atoms with Gasteiger partial charge in [0.1, 0.15) is 12.1 Å². The summed E-state index contributed by atoms with van der Waals surface area (Å²) in [4.78, 5) is 35.6. The molecular weight excluding hydrogens is 428 g/mol. The Balaban J connectivity index is 1.24. The highest BCUT2D eigenvalue weighted by atomic mass is 16.2. The lowest BCUT2D eigenvalue weighted by Gasteiger charge is -2.34. The van der Waals surface area contributed by atoms with Gasteiger partial charge in [-0.3, -0.25) is 9.59 Å². The minimum atomic E-state index is -0.456. The number of anilines is 1. The van der Waals surface area contributed by atoms with Crippen molar-refractivity contribution >= 4 is 23.8 Å². The highest BCUT2D eigenvalue weighted by molar-refractivity contribution is 5.93. The molecule has 0 bridgehead atoms. The maximum atomic E-state index is 13.3. The van der Waals surface area contributed by atoms with Gasteiger partial charge in [-0.05, 0) is 30.5 Å². The van der Waals surface area contributed by atoms with E-state index in [0.717, 1.165) is 55.0 Å². The summed E-state index contributed by atoms with van der Waals surface area (Å²) < 4.78 is 0. The molecule has 34 heavy (non-hydrogen) atoms. The molecule has 8 nitrogen and oxygen atoms in total. The van der Waals surface area contributed by atoms with Crippen LogP contribution in [0.5, 0.6) is 0 Å². The van der Waals surface area contributed by atoms with Crippen LogP contribution in [0.3, 0.4) is 0 Å². The Labute approximate surface area is 198 Å². The van der Waals surface area contributed by atoms with E-state index in [9.17, 15) is 9.59 Å². The molecule has 0 radical (unpaired) electrons. The standard InChI is InChI=1S/C26H26N6O2/c27-25(33)20-8-6-18(7-9-20)22-16-24(29-17-28-22)31-14-11-21(12-15-31)26(34)32-23(10-13-30-32)19-4-2-1-3-5-19/h1-9,13,16-17,21,23H,10-12,14-15H2,(H2,27,33). The van der Waals surface area contributed by atoms with Crippen LogP contribution in [0.15, 0.2) is 72.1 Å². The van der Waals surface area contributed by atoms with Crippen LogP contribution in [0.4, 0.5) is 5.82 Å². The second kappa shape index (κ2) is 9.43. The number of hydrogen-bond acceptors (Lipinski definition) is 6. The first-order chi connectivity index (χ1) is 16.6. The van der Waals surface area contributed by atoms with E-state index < -0.39 is 5.91 Å². The highest BCUT2D eigenvalue weighted by Crippen LogP contribution is 2.32. The van der Waals surface area contributed by atoms with Gasteiger partial charge >= 0.3 is 0 Å². The number of benzene rings is 2. The normalized spacial score (nSPS) is 18.3. The lowest BCUT2D eigenvalue weighted by atomic mass is 9.94. The van der Waals surface area contributed by atoms with Crippen molar-refractivity contribution < 1.29 is 9.59 Å². The van der Waals surface area contributed by atoms with Crippen LogP contribution < -0.4 is 10.6 Å². The van der Waals surface area contributed by atoms with Crippen molar-refractivity contribution in [3.8, 4) is 11.3 Å². The van der Waals surface area contributed by atoms with E-state index in [1.807, 2.05) is 42.6 Å². The predicted molar refractivity (Wildman–Crippen MR) is 130 cm³/mol. The number of amides is 2. The Morgan fingerprint density at radius 3 is 2.38 bits per heavy atom. The van der Waals surface area contributed by atoms with Gasteiger partial charge in [-0.25, -0.2) is 15.0 Å². The first kappa shape index (κ1) is 21.8. The van der Waals surface area contributed by atoms with E-state index in [1.165, 1.54) is 0 Å². The van der Waals surface area contributed by atoms with Gasteiger partial charge in [-0.2, -0.15) is 5.10 Å². The fraction of sp³-hybridized carbons (Fsp3) is 0.269. The van der Waals surface area contributed by atoms with Gasteiger partial charge in [0.05, 0.1) is 11.7 Å². The zero-order chi connectivity index (χ0) is 23.5. The second-order valence-corrected chi connectivity index (χ2v) is 8.61. The van der Waals surface area contributed by atoms with Crippen molar-refractivity contribution in [3.63, 3.8) is 0 Å². The molecule has 1 aromatic heterocycles. The van der Waals surface area contributed by atoms with Crippen LogP contribution in [-0.2, 0) is 4.79 Å². The predicted octanol–water partition coefficient (Wildman–Crippen LogP) is 3.42. The Kier molecular flexibility index (Phi) is 6.03. The summed E-state index contributed by atoms with van der Waals surface area (Å²) in [6.45, 7) is 1.47. The Morgan fingerprint density at radius 2 is 1.68 bits per heavy atom. The van der Waals surface area contributed by atoms with Gasteiger partial charge in [-0.15, -0.1) is 0 Å². The summed E-state index contributed by atoms with van der Waals surface area (Å²) in [5.74, 6) is 0.416. The molecule has 3 aromatic rings. The number of nitrogens with two attached hydrogens (primary N) is 1. The van der Waals surface area contributed by atoms with Crippen molar-refractivity contribution in [1.29, 1.82) is 0 Å². The van der Waals surface area contributed by atoms with Crippen molar-refractivity contribution in [2.75, 3.05) is 18.0 Å². The Morgan fingerprint density at radius 1 is 0.941 bits per heavy atom. The number of primary amides is 1. The summed E-state index contributed by atoms with van der Waals surface area (Å²) in [6.07, 6.45) is 5.63. The molecule has 0 spiro atoms. The molecule has 2 N–H and O–H groups in total. The van der Waals surface area contributed by atoms with Gasteiger partial charge in [0.25, 0.3) is 0 Å². The lowest BCUT2D eigenvalue weighted by Crippen LogP contribution is -2.41. The Bertz CT molecular complexity index is 1200. The van der Waals surface area contributed by atoms with Crippen molar-refractivity contribution in [2.24, 2.45) is 16.8 Å². The van der Waals surface area contributed by atoms with Gasteiger partial charge in [0.15, 0.2) is 0 Å². The number of rotatable bonds is 5. The third-order valence-corrected chi connectivity index (χ3v) is 6.53. The maximum absolute atomic E-state index is 13.3. The van der Waals surface area contributed by atoms with Crippen molar-refractivity contribution in [1.82, 2.24) is 15.0 Å². The van der Waals surface area contributed by atoms with E-state index in [4.69, 9.17) is 5.73 Å². The molecule has 3 heterocycles. The van der Waals surface area contributed by atoms with Crippen LogP contribution in [-0.4, -0.2) is 46.1 Å². The van der Waals surface area contributed by atoms with Crippen LogP contribution in [0, 0.1) is 5.92 Å². The topological polar surface area (TPSA) is 105 Å². The molecule has 5 rings (SSSR count). The molecule has 2 amide bonds. The molecule has 0 saturated carbocycles. The summed E-state index contributed by atoms with van der Waals surface area (Å²) >= 11 is 0. The second-order valence-electron chi connectivity index (χ2n) is 8.61. The molecule has 1 atom stereocenters. The zero-order valence-corrected chi connectivity index (χ0v) is 18.7. The lowest BCUT2D eigenvalue weighted by molar-refractivity contribution is -0.138. The molecule has 1 unspecified atom stereocenters. The molecule has 1 saturated heterocycles. The molecule has 2 aliphatic rings. The van der Waals surface area contributed by atoms with Crippen molar-refractivity contribution in [2.45, 2.75) is 25.3 Å². The third-order valence-electron chi connectivity index (χ3n) is 6.53. The van der Waals surface area contributed by atoms with Gasteiger partial charge < -0.3 is 10.6 Å². The third kappa shape index (κ3) is 4.39. The largest absolute Gasteiger partial charge is 0.366 e. The van der Waals surface area contributed by atoms with Gasteiger partial charge in [0, 0.05) is 48.8 Å². The number of hydrogen-bond donors (Lipinski definition) is 1. The summed E-state index contributed by atoms with van der Waals surface area (Å²) in [6, 6.07) is 19.1. The average Bonchev–Trinajstić information content (AvgIpc) is 3.39. The molecule has 0 aliphatic carbocycles. The molecule has 2 aromatic carbocycles. The number of hydrazone groups is 1. The minimum absolute atomic E-state index is 0.0166. The quantitative estimate of drug-likeness (QED) is 0.636. The number of piperidine rings is 1. The summed E-state index contributed by atoms with van der Waals surface area (Å²) in [5.41, 5.74) is 8.56.